The van der Waals surface area contributed by atoms with E-state index in [9.17, 15) is 18.4 Å². The monoisotopic (exact) mass is 360 g/mol. The van der Waals surface area contributed by atoms with Crippen molar-refractivity contribution in [2.45, 2.75) is 6.92 Å². The van der Waals surface area contributed by atoms with Gasteiger partial charge in [0.25, 0.3) is 5.91 Å². The van der Waals surface area contributed by atoms with Crippen molar-refractivity contribution in [1.82, 2.24) is 9.88 Å². The van der Waals surface area contributed by atoms with Gasteiger partial charge < -0.3 is 15.1 Å². The summed E-state index contributed by atoms with van der Waals surface area (Å²) in [4.78, 5) is 31.5. The second-order valence-electron chi connectivity index (χ2n) is 5.97. The van der Waals surface area contributed by atoms with Crippen LogP contribution >= 0.6 is 0 Å². The molecule has 1 aromatic heterocycles. The van der Waals surface area contributed by atoms with E-state index < -0.39 is 17.5 Å². The minimum Gasteiger partial charge on any atom is -0.367 e. The van der Waals surface area contributed by atoms with E-state index in [2.05, 4.69) is 15.2 Å². The van der Waals surface area contributed by atoms with Crippen molar-refractivity contribution in [2.75, 3.05) is 36.4 Å². The largest absolute Gasteiger partial charge is 0.367 e. The molecule has 1 N–H and O–H groups in total. The highest BCUT2D eigenvalue weighted by atomic mass is 19.1. The second-order valence-corrected chi connectivity index (χ2v) is 5.97. The summed E-state index contributed by atoms with van der Waals surface area (Å²) in [6.45, 7) is 4.21. The molecule has 2 heterocycles. The van der Waals surface area contributed by atoms with E-state index in [-0.39, 0.29) is 17.3 Å². The molecule has 0 unspecified atom stereocenters. The number of benzene rings is 1. The van der Waals surface area contributed by atoms with E-state index in [1.807, 2.05) is 0 Å². The highest BCUT2D eigenvalue weighted by Gasteiger charge is 2.19. The molecule has 0 bridgehead atoms. The normalized spacial score (nSPS) is 14.3. The Morgan fingerprint density at radius 1 is 1.08 bits per heavy atom. The molecule has 0 atom stereocenters. The zero-order valence-corrected chi connectivity index (χ0v) is 14.2. The Bertz CT molecular complexity index is 818. The fourth-order valence-electron chi connectivity index (χ4n) is 2.76. The molecule has 1 aromatic carbocycles. The van der Waals surface area contributed by atoms with E-state index in [4.69, 9.17) is 0 Å². The number of nitrogens with one attached hydrogen (secondary N) is 1. The second kappa shape index (κ2) is 7.47. The molecular formula is C18H18F2N4O2. The number of carbonyl (C=O) groups excluding carboxylic acids is 2. The quantitative estimate of drug-likeness (QED) is 0.912. The zero-order valence-electron chi connectivity index (χ0n) is 14.2. The van der Waals surface area contributed by atoms with Gasteiger partial charge in [0.15, 0.2) is 0 Å². The van der Waals surface area contributed by atoms with Gasteiger partial charge in [-0.25, -0.2) is 13.8 Å². The average molecular weight is 360 g/mol. The number of aromatic nitrogens is 1. The Morgan fingerprint density at radius 2 is 1.81 bits per heavy atom. The summed E-state index contributed by atoms with van der Waals surface area (Å²) >= 11 is 0. The van der Waals surface area contributed by atoms with Crippen molar-refractivity contribution in [3.8, 4) is 0 Å². The first-order valence-electron chi connectivity index (χ1n) is 8.17. The van der Waals surface area contributed by atoms with E-state index >= 15 is 0 Å². The van der Waals surface area contributed by atoms with Crippen LogP contribution in [0.5, 0.6) is 0 Å². The van der Waals surface area contributed by atoms with Crippen molar-refractivity contribution in [3.63, 3.8) is 0 Å². The predicted octanol–water partition coefficient (Wildman–Crippen LogP) is 2.28. The lowest BCUT2D eigenvalue weighted by Gasteiger charge is -2.35. The number of hydrogen-bond acceptors (Lipinski definition) is 4. The summed E-state index contributed by atoms with van der Waals surface area (Å²) in [5.41, 5.74) is 0.861. The van der Waals surface area contributed by atoms with E-state index in [1.165, 1.54) is 0 Å². The first kappa shape index (κ1) is 17.8. The van der Waals surface area contributed by atoms with Gasteiger partial charge in [-0.15, -0.1) is 0 Å². The molecule has 2 aromatic rings. The maximum Gasteiger partial charge on any atom is 0.274 e. The maximum absolute atomic E-state index is 13.6. The van der Waals surface area contributed by atoms with Crippen LogP contribution in [0.4, 0.5) is 20.2 Å². The lowest BCUT2D eigenvalue weighted by atomic mass is 10.2. The van der Waals surface area contributed by atoms with Gasteiger partial charge in [-0.1, -0.05) is 0 Å². The summed E-state index contributed by atoms with van der Waals surface area (Å²) in [6, 6.07) is 6.23. The molecule has 2 amide bonds. The fourth-order valence-corrected chi connectivity index (χ4v) is 2.76. The molecule has 26 heavy (non-hydrogen) atoms. The highest BCUT2D eigenvalue weighted by molar-refractivity contribution is 6.03. The standard InChI is InChI=1S/C18H18F2N4O2/c1-12(25)23-6-8-24(9-7-23)14-3-5-17(21-11-14)18(26)22-16-4-2-13(19)10-15(16)20/h2-5,10-11H,6-9H2,1H3,(H,22,26). The lowest BCUT2D eigenvalue weighted by Crippen LogP contribution is -2.48. The van der Waals surface area contributed by atoms with Gasteiger partial charge in [0.05, 0.1) is 17.6 Å². The Labute approximate surface area is 149 Å². The number of hydrogen-bond donors (Lipinski definition) is 1. The summed E-state index contributed by atoms with van der Waals surface area (Å²) in [7, 11) is 0. The molecule has 1 fully saturated rings. The Hall–Kier alpha value is -3.03. The van der Waals surface area contributed by atoms with Crippen molar-refractivity contribution in [3.05, 3.63) is 53.9 Å². The van der Waals surface area contributed by atoms with Gasteiger partial charge in [0, 0.05) is 39.2 Å². The molecule has 1 saturated heterocycles. The van der Waals surface area contributed by atoms with Crippen LogP contribution in [0.1, 0.15) is 17.4 Å². The number of rotatable bonds is 3. The minimum absolute atomic E-state index is 0.0582. The van der Waals surface area contributed by atoms with Crippen molar-refractivity contribution >= 4 is 23.2 Å². The van der Waals surface area contributed by atoms with Crippen molar-refractivity contribution in [1.29, 1.82) is 0 Å². The summed E-state index contributed by atoms with van der Waals surface area (Å²) in [5, 5.41) is 2.37. The van der Waals surface area contributed by atoms with Gasteiger partial charge in [0.2, 0.25) is 5.91 Å². The number of anilines is 2. The Balaban J connectivity index is 1.64. The molecule has 0 spiro atoms. The van der Waals surface area contributed by atoms with Crippen LogP contribution < -0.4 is 10.2 Å². The Kier molecular flexibility index (Phi) is 5.11. The number of amides is 2. The molecule has 3 rings (SSSR count). The smallest absolute Gasteiger partial charge is 0.274 e. The van der Waals surface area contributed by atoms with E-state index in [0.717, 1.165) is 17.8 Å². The van der Waals surface area contributed by atoms with Gasteiger partial charge in [0.1, 0.15) is 17.3 Å². The van der Waals surface area contributed by atoms with Gasteiger partial charge in [-0.2, -0.15) is 0 Å². The van der Waals surface area contributed by atoms with Crippen LogP contribution in [-0.4, -0.2) is 47.9 Å². The summed E-state index contributed by atoms with van der Waals surface area (Å²) in [5.74, 6) is -2.09. The SMILES string of the molecule is CC(=O)N1CCN(c2ccc(C(=O)Nc3ccc(F)cc3F)nc2)CC1. The molecule has 6 nitrogen and oxygen atoms in total. The first-order valence-corrected chi connectivity index (χ1v) is 8.17. The number of pyridine rings is 1. The van der Waals surface area contributed by atoms with E-state index in [1.54, 1.807) is 30.2 Å². The highest BCUT2D eigenvalue weighted by Crippen LogP contribution is 2.18. The average Bonchev–Trinajstić information content (AvgIpc) is 2.64. The molecule has 1 aliphatic heterocycles. The van der Waals surface area contributed by atoms with Crippen molar-refractivity contribution < 1.29 is 18.4 Å². The molecule has 0 aliphatic carbocycles. The molecule has 0 radical (unpaired) electrons. The van der Waals surface area contributed by atoms with Gasteiger partial charge in [-0.3, -0.25) is 9.59 Å². The van der Waals surface area contributed by atoms with Crippen LogP contribution in [-0.2, 0) is 4.79 Å². The van der Waals surface area contributed by atoms with Gasteiger partial charge in [-0.05, 0) is 24.3 Å². The van der Waals surface area contributed by atoms with Crippen molar-refractivity contribution in [2.24, 2.45) is 0 Å². The van der Waals surface area contributed by atoms with Gasteiger partial charge >= 0.3 is 0 Å². The lowest BCUT2D eigenvalue weighted by molar-refractivity contribution is -0.129. The maximum atomic E-state index is 13.6. The molecule has 1 aliphatic rings. The molecular weight excluding hydrogens is 342 g/mol. The molecule has 8 heteroatoms. The molecule has 136 valence electrons. The third-order valence-electron chi connectivity index (χ3n) is 4.25. The first-order chi connectivity index (χ1) is 12.4. The van der Waals surface area contributed by atoms with Crippen LogP contribution in [0.25, 0.3) is 0 Å². The van der Waals surface area contributed by atoms with Crippen LogP contribution in [0.2, 0.25) is 0 Å². The van der Waals surface area contributed by atoms with Crippen LogP contribution in [0.15, 0.2) is 36.5 Å². The zero-order chi connectivity index (χ0) is 18.7. The predicted molar refractivity (Wildman–Crippen MR) is 93.0 cm³/mol. The summed E-state index contributed by atoms with van der Waals surface area (Å²) in [6.07, 6.45) is 1.57. The van der Waals surface area contributed by atoms with Crippen LogP contribution in [0.3, 0.4) is 0 Å². The number of halogens is 2. The minimum atomic E-state index is -0.849. The number of nitrogens with zero attached hydrogens (tertiary/aromatic N) is 3. The number of carbonyl (C=O) groups is 2. The van der Waals surface area contributed by atoms with Crippen LogP contribution in [0, 0.1) is 11.6 Å². The van der Waals surface area contributed by atoms with E-state index in [0.29, 0.717) is 32.2 Å². The topological polar surface area (TPSA) is 65.5 Å². The Morgan fingerprint density at radius 3 is 2.38 bits per heavy atom. The molecule has 0 saturated carbocycles. The third kappa shape index (κ3) is 3.96. The summed E-state index contributed by atoms with van der Waals surface area (Å²) < 4.78 is 26.5. The third-order valence-corrected chi connectivity index (χ3v) is 4.25. The number of piperazine rings is 1. The fraction of sp³-hybridized carbons (Fsp3) is 0.278.